The fraction of sp³-hybridized carbons (Fsp3) is 0.500. The number of carbonyl (C=O) groups excluding carboxylic acids is 1. The third-order valence-electron chi connectivity index (χ3n) is 0.647. The Morgan fingerprint density at radius 1 is 1.42 bits per heavy atom. The Kier molecular flexibility index (Phi) is 30.0. The van der Waals surface area contributed by atoms with Gasteiger partial charge in [0, 0.05) is 40.4 Å². The maximum atomic E-state index is 10.4. The molecule has 6 heteroatoms. The van der Waals surface area contributed by atoms with Crippen molar-refractivity contribution >= 4 is 5.97 Å². The first-order valence-electron chi connectivity index (χ1n) is 2.67. The number of esters is 1. The van der Waals surface area contributed by atoms with E-state index in [4.69, 9.17) is 0 Å². The van der Waals surface area contributed by atoms with Crippen LogP contribution in [0.3, 0.4) is 0 Å². The average molecular weight is 533 g/mol. The quantitative estimate of drug-likeness (QED) is 0.207. The standard InChI is InChI=1S/C6H9O3.2HI.Sm/c1-3-9-6(8)4-5(2)7;;;/h2-4H2,1H3;2*1H;/p-2. The second kappa shape index (κ2) is 15.3. The summed E-state index contributed by atoms with van der Waals surface area (Å²) in [6.07, 6.45) is -0.214. The SMILES string of the molecule is C=C([O])CC(=O)OCC.[I-].[I-].[Sm]. The minimum Gasteiger partial charge on any atom is -1.00 e. The van der Waals surface area contributed by atoms with E-state index in [1.165, 1.54) is 0 Å². The fourth-order valence-electron chi connectivity index (χ4n) is 0.373. The van der Waals surface area contributed by atoms with Crippen molar-refractivity contribution in [1.29, 1.82) is 0 Å². The predicted octanol–water partition coefficient (Wildman–Crippen LogP) is -5.11. The molecule has 73 valence electrons. The van der Waals surface area contributed by atoms with Crippen LogP contribution >= 0.6 is 0 Å². The molecular formula is C6H9I2O3Sm-2. The summed E-state index contributed by atoms with van der Waals surface area (Å²) in [5, 5.41) is 10.1. The van der Waals surface area contributed by atoms with Crippen LogP contribution in [-0.4, -0.2) is 12.6 Å². The van der Waals surface area contributed by atoms with Gasteiger partial charge in [0.05, 0.1) is 6.61 Å². The Hall–Kier alpha value is 1.81. The van der Waals surface area contributed by atoms with Crippen LogP contribution in [0.2, 0.25) is 0 Å². The van der Waals surface area contributed by atoms with Crippen molar-refractivity contribution in [3.63, 3.8) is 0 Å². The van der Waals surface area contributed by atoms with Gasteiger partial charge in [-0.15, -0.1) is 0 Å². The maximum Gasteiger partial charge on any atom is 0.313 e. The van der Waals surface area contributed by atoms with Crippen LogP contribution in [0.1, 0.15) is 13.3 Å². The van der Waals surface area contributed by atoms with Gasteiger partial charge in [0.1, 0.15) is 6.42 Å². The monoisotopic (exact) mass is 535 g/mol. The van der Waals surface area contributed by atoms with Gasteiger partial charge in [0.25, 0.3) is 0 Å². The molecule has 0 saturated heterocycles. The summed E-state index contributed by atoms with van der Waals surface area (Å²) in [5.41, 5.74) is 0. The number of hydrogen-bond acceptors (Lipinski definition) is 2. The summed E-state index contributed by atoms with van der Waals surface area (Å²) in [7, 11) is 0. The molecule has 1 radical (unpaired) electrons. The van der Waals surface area contributed by atoms with Gasteiger partial charge in [-0.3, -0.25) is 9.90 Å². The Morgan fingerprint density at radius 2 is 1.83 bits per heavy atom. The third-order valence-corrected chi connectivity index (χ3v) is 0.647. The number of halogens is 2. The van der Waals surface area contributed by atoms with E-state index in [1.54, 1.807) is 6.92 Å². The van der Waals surface area contributed by atoms with E-state index >= 15 is 0 Å². The Labute approximate surface area is 139 Å². The van der Waals surface area contributed by atoms with Gasteiger partial charge in [-0.1, -0.05) is 6.58 Å². The molecule has 0 rings (SSSR count). The second-order valence-corrected chi connectivity index (χ2v) is 1.52. The minimum absolute atomic E-state index is 0. The average Bonchev–Trinajstić information content (AvgIpc) is 1.63. The Bertz CT molecular complexity index is 130. The molecule has 0 heterocycles. The first-order valence-corrected chi connectivity index (χ1v) is 2.67. The van der Waals surface area contributed by atoms with E-state index in [-0.39, 0.29) is 94.8 Å². The van der Waals surface area contributed by atoms with E-state index in [9.17, 15) is 9.90 Å². The van der Waals surface area contributed by atoms with Gasteiger partial charge in [-0.2, -0.15) is 0 Å². The van der Waals surface area contributed by atoms with Crippen LogP contribution in [-0.2, 0) is 14.6 Å². The van der Waals surface area contributed by atoms with Crippen molar-refractivity contribution in [2.45, 2.75) is 13.3 Å². The maximum absolute atomic E-state index is 10.4. The van der Waals surface area contributed by atoms with Crippen molar-refractivity contribution < 1.29 is 103 Å². The number of rotatable bonds is 3. The van der Waals surface area contributed by atoms with Gasteiger partial charge in [-0.05, 0) is 6.92 Å². The largest absolute Gasteiger partial charge is 1.00 e. The van der Waals surface area contributed by atoms with E-state index in [0.29, 0.717) is 6.61 Å². The van der Waals surface area contributed by atoms with Gasteiger partial charge < -0.3 is 52.7 Å². The third kappa shape index (κ3) is 17.8. The zero-order valence-corrected chi connectivity index (χ0v) is 13.4. The minimum atomic E-state index is -0.502. The van der Waals surface area contributed by atoms with E-state index in [1.807, 2.05) is 0 Å². The molecule has 0 N–H and O–H groups in total. The first kappa shape index (κ1) is 23.5. The van der Waals surface area contributed by atoms with Gasteiger partial charge in [-0.25, -0.2) is 0 Å². The topological polar surface area (TPSA) is 46.2 Å². The molecule has 0 spiro atoms. The van der Waals surface area contributed by atoms with Crippen molar-refractivity contribution in [2.24, 2.45) is 0 Å². The van der Waals surface area contributed by atoms with Crippen molar-refractivity contribution in [1.82, 2.24) is 0 Å². The summed E-state index contributed by atoms with van der Waals surface area (Å²) < 4.78 is 4.45. The summed E-state index contributed by atoms with van der Waals surface area (Å²) in [6, 6.07) is 0. The van der Waals surface area contributed by atoms with E-state index in [2.05, 4.69) is 11.3 Å². The van der Waals surface area contributed by atoms with Crippen LogP contribution in [0.25, 0.3) is 0 Å². The fourth-order valence-corrected chi connectivity index (χ4v) is 0.373. The molecule has 0 saturated carbocycles. The van der Waals surface area contributed by atoms with Gasteiger partial charge in [0.15, 0.2) is 5.76 Å². The molecular weight excluding hydrogens is 524 g/mol. The zero-order chi connectivity index (χ0) is 7.28. The molecule has 3 nitrogen and oxygen atoms in total. The predicted molar refractivity (Wildman–Crippen MR) is 31.1 cm³/mol. The summed E-state index contributed by atoms with van der Waals surface area (Å²) in [6.45, 7) is 5.02. The van der Waals surface area contributed by atoms with Gasteiger partial charge >= 0.3 is 5.97 Å². The molecule has 0 bridgehead atoms. The smallest absolute Gasteiger partial charge is 0.313 e. The molecule has 0 aliphatic rings. The molecule has 0 aliphatic carbocycles. The van der Waals surface area contributed by atoms with Crippen LogP contribution < -0.4 is 48.0 Å². The molecule has 0 fully saturated rings. The van der Waals surface area contributed by atoms with E-state index < -0.39 is 11.7 Å². The number of carbonyl (C=O) groups is 1. The molecule has 0 aromatic carbocycles. The van der Waals surface area contributed by atoms with Crippen LogP contribution in [0.15, 0.2) is 12.3 Å². The summed E-state index contributed by atoms with van der Waals surface area (Å²) in [4.78, 5) is 10.4. The molecule has 12 heavy (non-hydrogen) atoms. The van der Waals surface area contributed by atoms with Crippen LogP contribution in [0.5, 0.6) is 0 Å². The number of hydrogen-bond donors (Lipinski definition) is 0. The molecule has 0 atom stereocenters. The molecule has 0 aromatic rings. The molecule has 0 aliphatic heterocycles. The van der Waals surface area contributed by atoms with Crippen LogP contribution in [0.4, 0.5) is 0 Å². The molecule has 0 unspecified atom stereocenters. The molecule has 0 amide bonds. The Balaban J connectivity index is -0.000000107. The second-order valence-electron chi connectivity index (χ2n) is 1.52. The summed E-state index contributed by atoms with van der Waals surface area (Å²) >= 11 is 0. The number of ether oxygens (including phenoxy) is 1. The Morgan fingerprint density at radius 3 is 2.08 bits per heavy atom. The first-order chi connectivity index (χ1) is 4.16. The summed E-state index contributed by atoms with van der Waals surface area (Å²) in [5.74, 6) is -0.911. The normalized spacial score (nSPS) is 6.42. The van der Waals surface area contributed by atoms with Crippen LogP contribution in [0, 0.1) is 40.4 Å². The zero-order valence-electron chi connectivity index (χ0n) is 6.51. The van der Waals surface area contributed by atoms with E-state index in [0.717, 1.165) is 0 Å². The molecule has 0 aromatic heterocycles. The van der Waals surface area contributed by atoms with Gasteiger partial charge in [0.2, 0.25) is 0 Å². The van der Waals surface area contributed by atoms with Crippen molar-refractivity contribution in [2.75, 3.05) is 6.61 Å². The van der Waals surface area contributed by atoms with Crippen molar-refractivity contribution in [3.05, 3.63) is 12.3 Å². The van der Waals surface area contributed by atoms with Crippen molar-refractivity contribution in [3.8, 4) is 0 Å².